The number of nitrogen functional groups attached to an aromatic ring is 1. The van der Waals surface area contributed by atoms with E-state index < -0.39 is 5.97 Å². The number of hydrogen-bond acceptors (Lipinski definition) is 3. The lowest BCUT2D eigenvalue weighted by Crippen LogP contribution is -1.89. The van der Waals surface area contributed by atoms with Gasteiger partial charge < -0.3 is 10.8 Å². The van der Waals surface area contributed by atoms with Crippen LogP contribution in [-0.4, -0.2) is 11.1 Å². The zero-order valence-electron chi connectivity index (χ0n) is 8.11. The van der Waals surface area contributed by atoms with Gasteiger partial charge >= 0.3 is 5.97 Å². The van der Waals surface area contributed by atoms with E-state index in [4.69, 9.17) is 22.4 Å². The van der Waals surface area contributed by atoms with Crippen LogP contribution in [-0.2, 0) is 0 Å². The van der Waals surface area contributed by atoms with E-state index in [-0.39, 0.29) is 4.88 Å². The monoisotopic (exact) mass is 253 g/mol. The number of benzene rings is 1. The SMILES string of the molecule is Nc1cccc(-c2sc(C(=O)O)cc2Cl)c1. The molecule has 0 aliphatic rings. The molecule has 2 aromatic rings. The summed E-state index contributed by atoms with van der Waals surface area (Å²) < 4.78 is 0. The van der Waals surface area contributed by atoms with E-state index in [0.29, 0.717) is 10.7 Å². The van der Waals surface area contributed by atoms with Gasteiger partial charge in [0, 0.05) is 5.69 Å². The zero-order chi connectivity index (χ0) is 11.7. The Morgan fingerprint density at radius 3 is 2.69 bits per heavy atom. The van der Waals surface area contributed by atoms with E-state index in [2.05, 4.69) is 0 Å². The molecule has 0 aliphatic heterocycles. The summed E-state index contributed by atoms with van der Waals surface area (Å²) in [5.41, 5.74) is 7.12. The van der Waals surface area contributed by atoms with E-state index in [1.54, 1.807) is 18.2 Å². The van der Waals surface area contributed by atoms with Crippen molar-refractivity contribution in [1.82, 2.24) is 0 Å². The number of halogens is 1. The molecule has 1 aromatic heterocycles. The highest BCUT2D eigenvalue weighted by Gasteiger charge is 2.13. The first-order valence-corrected chi connectivity index (χ1v) is 5.66. The highest BCUT2D eigenvalue weighted by Crippen LogP contribution is 2.36. The lowest BCUT2D eigenvalue weighted by Gasteiger charge is -1.99. The maximum atomic E-state index is 10.8. The summed E-state index contributed by atoms with van der Waals surface area (Å²) in [7, 11) is 0. The average molecular weight is 254 g/mol. The van der Waals surface area contributed by atoms with Crippen molar-refractivity contribution in [3.63, 3.8) is 0 Å². The van der Waals surface area contributed by atoms with Gasteiger partial charge in [0.15, 0.2) is 0 Å². The Bertz CT molecular complexity index is 551. The van der Waals surface area contributed by atoms with Gasteiger partial charge in [-0.1, -0.05) is 23.7 Å². The number of carboxylic acids is 1. The molecule has 0 saturated heterocycles. The molecule has 0 radical (unpaired) electrons. The van der Waals surface area contributed by atoms with Crippen molar-refractivity contribution in [3.8, 4) is 10.4 Å². The number of carbonyl (C=O) groups is 1. The van der Waals surface area contributed by atoms with Crippen molar-refractivity contribution in [2.24, 2.45) is 0 Å². The van der Waals surface area contributed by atoms with Gasteiger partial charge in [-0.2, -0.15) is 0 Å². The maximum absolute atomic E-state index is 10.8. The lowest BCUT2D eigenvalue weighted by molar-refractivity contribution is 0.0702. The van der Waals surface area contributed by atoms with Gasteiger partial charge in [0.05, 0.1) is 9.90 Å². The fourth-order valence-electron chi connectivity index (χ4n) is 1.35. The highest BCUT2D eigenvalue weighted by molar-refractivity contribution is 7.18. The largest absolute Gasteiger partial charge is 0.477 e. The molecule has 16 heavy (non-hydrogen) atoms. The molecule has 0 fully saturated rings. The van der Waals surface area contributed by atoms with Crippen molar-refractivity contribution in [2.45, 2.75) is 0 Å². The molecule has 0 aliphatic carbocycles. The van der Waals surface area contributed by atoms with Crippen molar-refractivity contribution < 1.29 is 9.90 Å². The van der Waals surface area contributed by atoms with Crippen LogP contribution >= 0.6 is 22.9 Å². The number of carboxylic acid groups (broad SMARTS) is 1. The Morgan fingerprint density at radius 1 is 1.38 bits per heavy atom. The molecule has 0 bridgehead atoms. The third-order valence-corrected chi connectivity index (χ3v) is 3.63. The molecule has 0 amide bonds. The van der Waals surface area contributed by atoms with Gasteiger partial charge in [-0.25, -0.2) is 4.79 Å². The molecule has 5 heteroatoms. The average Bonchev–Trinajstić information content (AvgIpc) is 2.60. The Morgan fingerprint density at radius 2 is 2.12 bits per heavy atom. The first kappa shape index (κ1) is 11.0. The van der Waals surface area contributed by atoms with Crippen LogP contribution in [0.3, 0.4) is 0 Å². The molecule has 82 valence electrons. The Balaban J connectivity index is 2.52. The molecule has 0 saturated carbocycles. The van der Waals surface area contributed by atoms with Crippen molar-refractivity contribution in [1.29, 1.82) is 0 Å². The number of nitrogens with two attached hydrogens (primary N) is 1. The number of aromatic carboxylic acids is 1. The summed E-state index contributed by atoms with van der Waals surface area (Å²) in [4.78, 5) is 11.7. The fraction of sp³-hybridized carbons (Fsp3) is 0. The Hall–Kier alpha value is -1.52. The predicted molar refractivity (Wildman–Crippen MR) is 66.1 cm³/mol. The van der Waals surface area contributed by atoms with Crippen LogP contribution in [0, 0.1) is 0 Å². The summed E-state index contributed by atoms with van der Waals surface area (Å²) in [6, 6.07) is 8.64. The van der Waals surface area contributed by atoms with Crippen molar-refractivity contribution in [3.05, 3.63) is 40.2 Å². The maximum Gasteiger partial charge on any atom is 0.345 e. The van der Waals surface area contributed by atoms with Gasteiger partial charge in [-0.15, -0.1) is 11.3 Å². The second kappa shape index (κ2) is 4.15. The molecule has 0 unspecified atom stereocenters. The third-order valence-electron chi connectivity index (χ3n) is 2.05. The van der Waals surface area contributed by atoms with E-state index in [0.717, 1.165) is 21.8 Å². The summed E-state index contributed by atoms with van der Waals surface area (Å²) in [5, 5.41) is 9.29. The number of anilines is 1. The van der Waals surface area contributed by atoms with Crippen LogP contribution in [0.5, 0.6) is 0 Å². The molecule has 1 heterocycles. The van der Waals surface area contributed by atoms with E-state index in [1.807, 2.05) is 6.07 Å². The fourth-order valence-corrected chi connectivity index (χ4v) is 2.63. The molecule has 2 rings (SSSR count). The van der Waals surface area contributed by atoms with Crippen LogP contribution in [0.1, 0.15) is 9.67 Å². The summed E-state index contributed by atoms with van der Waals surface area (Å²) in [5.74, 6) is -0.970. The molecular weight excluding hydrogens is 246 g/mol. The first-order chi connectivity index (χ1) is 7.58. The van der Waals surface area contributed by atoms with Gasteiger partial charge in [0.25, 0.3) is 0 Å². The minimum atomic E-state index is -0.970. The van der Waals surface area contributed by atoms with E-state index >= 15 is 0 Å². The van der Waals surface area contributed by atoms with Crippen LogP contribution in [0.2, 0.25) is 5.02 Å². The molecule has 0 spiro atoms. The molecule has 3 N–H and O–H groups in total. The van der Waals surface area contributed by atoms with Crippen LogP contribution < -0.4 is 5.73 Å². The van der Waals surface area contributed by atoms with Crippen LogP contribution in [0.25, 0.3) is 10.4 Å². The van der Waals surface area contributed by atoms with Crippen LogP contribution in [0.15, 0.2) is 30.3 Å². The van der Waals surface area contributed by atoms with Crippen molar-refractivity contribution in [2.75, 3.05) is 5.73 Å². The number of hydrogen-bond donors (Lipinski definition) is 2. The van der Waals surface area contributed by atoms with Gasteiger partial charge in [-0.05, 0) is 23.8 Å². The summed E-state index contributed by atoms with van der Waals surface area (Å²) in [6.45, 7) is 0. The lowest BCUT2D eigenvalue weighted by atomic mass is 10.2. The van der Waals surface area contributed by atoms with E-state index in [1.165, 1.54) is 6.07 Å². The molecule has 0 atom stereocenters. The number of thiophene rings is 1. The van der Waals surface area contributed by atoms with Crippen molar-refractivity contribution >= 4 is 34.6 Å². The second-order valence-corrected chi connectivity index (χ2v) is 4.68. The Kier molecular flexibility index (Phi) is 2.85. The molecule has 1 aromatic carbocycles. The summed E-state index contributed by atoms with van der Waals surface area (Å²) in [6.07, 6.45) is 0. The minimum absolute atomic E-state index is 0.224. The highest BCUT2D eigenvalue weighted by atomic mass is 35.5. The van der Waals surface area contributed by atoms with Gasteiger partial charge in [0.2, 0.25) is 0 Å². The Labute approximate surface area is 101 Å². The molecule has 3 nitrogen and oxygen atoms in total. The molecular formula is C11H8ClNO2S. The standard InChI is InChI=1S/C11H8ClNO2S/c12-8-5-9(11(14)15)16-10(8)6-2-1-3-7(13)4-6/h1-5H,13H2,(H,14,15). The van der Waals surface area contributed by atoms with Gasteiger partial charge in [-0.3, -0.25) is 0 Å². The zero-order valence-corrected chi connectivity index (χ0v) is 9.68. The second-order valence-electron chi connectivity index (χ2n) is 3.22. The first-order valence-electron chi connectivity index (χ1n) is 4.46. The minimum Gasteiger partial charge on any atom is -0.477 e. The smallest absolute Gasteiger partial charge is 0.345 e. The topological polar surface area (TPSA) is 63.3 Å². The predicted octanol–water partition coefficient (Wildman–Crippen LogP) is 3.35. The van der Waals surface area contributed by atoms with E-state index in [9.17, 15) is 4.79 Å². The van der Waals surface area contributed by atoms with Gasteiger partial charge in [0.1, 0.15) is 4.88 Å². The van der Waals surface area contributed by atoms with Crippen LogP contribution in [0.4, 0.5) is 5.69 Å². The normalized spacial score (nSPS) is 10.3. The summed E-state index contributed by atoms with van der Waals surface area (Å²) >= 11 is 7.12. The third kappa shape index (κ3) is 2.03. The quantitative estimate of drug-likeness (QED) is 0.807. The number of rotatable bonds is 2.